The van der Waals surface area contributed by atoms with Gasteiger partial charge >= 0.3 is 5.97 Å². The van der Waals surface area contributed by atoms with Crippen LogP contribution in [-0.2, 0) is 4.79 Å². The Labute approximate surface area is 127 Å². The first kappa shape index (κ1) is 14.9. The molecule has 1 aliphatic rings. The average Bonchev–Trinajstić information content (AvgIpc) is 2.88. The van der Waals surface area contributed by atoms with E-state index < -0.39 is 11.9 Å². The van der Waals surface area contributed by atoms with Crippen molar-refractivity contribution in [2.24, 2.45) is 17.3 Å². The summed E-state index contributed by atoms with van der Waals surface area (Å²) in [4.78, 5) is 11.1. The third kappa shape index (κ3) is 2.54. The van der Waals surface area contributed by atoms with Crippen LogP contribution in [0.1, 0.15) is 19.4 Å². The number of carboxylic acids is 1. The number of benzene rings is 1. The molecule has 104 valence electrons. The lowest BCUT2D eigenvalue weighted by Gasteiger charge is -2.04. The van der Waals surface area contributed by atoms with Gasteiger partial charge in [0.2, 0.25) is 0 Å². The van der Waals surface area contributed by atoms with Crippen LogP contribution >= 0.6 is 23.2 Å². The lowest BCUT2D eigenvalue weighted by Crippen LogP contribution is -2.03. The van der Waals surface area contributed by atoms with Crippen molar-refractivity contribution in [3.05, 3.63) is 39.9 Å². The zero-order chi connectivity index (χ0) is 15.1. The smallest absolute Gasteiger partial charge is 0.307 e. The number of carbonyl (C=O) groups is 1. The van der Waals surface area contributed by atoms with E-state index in [4.69, 9.17) is 28.3 Å². The summed E-state index contributed by atoms with van der Waals surface area (Å²) in [5.74, 6) is -1.46. The molecule has 20 heavy (non-hydrogen) atoms. The Bertz CT molecular complexity index is 644. The van der Waals surface area contributed by atoms with Gasteiger partial charge in [0, 0.05) is 10.6 Å². The van der Waals surface area contributed by atoms with E-state index in [0.717, 1.165) is 0 Å². The van der Waals surface area contributed by atoms with Gasteiger partial charge in [-0.05, 0) is 23.5 Å². The quantitative estimate of drug-likeness (QED) is 0.849. The molecule has 0 aromatic heterocycles. The molecular weight excluding hydrogens is 297 g/mol. The standard InChI is InChI=1S/C15H13Cl2NO2/c1-15(2)11(13(15)14(19)20)5-8(7-18)10-4-3-9(16)6-12(10)17/h3-6,11,13H,1-2H3,(H,19,20). The van der Waals surface area contributed by atoms with Gasteiger partial charge in [0.15, 0.2) is 0 Å². The number of nitriles is 1. The van der Waals surface area contributed by atoms with Crippen molar-refractivity contribution < 1.29 is 9.90 Å². The minimum atomic E-state index is -0.837. The summed E-state index contributed by atoms with van der Waals surface area (Å²) >= 11 is 11.9. The molecule has 1 fully saturated rings. The molecule has 5 heteroatoms. The highest BCUT2D eigenvalue weighted by molar-refractivity contribution is 6.35. The summed E-state index contributed by atoms with van der Waals surface area (Å²) in [5.41, 5.74) is 0.617. The van der Waals surface area contributed by atoms with Gasteiger partial charge in [0.05, 0.1) is 22.6 Å². The molecule has 1 N–H and O–H groups in total. The summed E-state index contributed by atoms with van der Waals surface area (Å²) in [6.07, 6.45) is 1.70. The molecule has 0 spiro atoms. The van der Waals surface area contributed by atoms with E-state index in [1.54, 1.807) is 24.3 Å². The van der Waals surface area contributed by atoms with Gasteiger partial charge in [-0.2, -0.15) is 5.26 Å². The van der Waals surface area contributed by atoms with E-state index in [9.17, 15) is 10.1 Å². The molecular formula is C15H13Cl2NO2. The topological polar surface area (TPSA) is 61.1 Å². The maximum atomic E-state index is 11.1. The van der Waals surface area contributed by atoms with Gasteiger partial charge in [-0.15, -0.1) is 0 Å². The van der Waals surface area contributed by atoms with Crippen LogP contribution in [0.2, 0.25) is 10.0 Å². The van der Waals surface area contributed by atoms with Crippen LogP contribution in [0.25, 0.3) is 5.57 Å². The molecule has 2 unspecified atom stereocenters. The van der Waals surface area contributed by atoms with Crippen LogP contribution in [-0.4, -0.2) is 11.1 Å². The third-order valence-electron chi connectivity index (χ3n) is 3.86. The SMILES string of the molecule is CC1(C)C(C=C(C#N)c2ccc(Cl)cc2Cl)C1C(=O)O. The van der Waals surface area contributed by atoms with Crippen LogP contribution in [0, 0.1) is 28.6 Å². The Morgan fingerprint density at radius 3 is 2.55 bits per heavy atom. The molecule has 0 heterocycles. The summed E-state index contributed by atoms with van der Waals surface area (Å²) in [6, 6.07) is 6.98. The van der Waals surface area contributed by atoms with Gasteiger partial charge in [-0.1, -0.05) is 49.2 Å². The number of aliphatic carboxylic acids is 1. The second-order valence-electron chi connectivity index (χ2n) is 5.48. The van der Waals surface area contributed by atoms with Crippen molar-refractivity contribution >= 4 is 34.7 Å². The average molecular weight is 310 g/mol. The second-order valence-corrected chi connectivity index (χ2v) is 6.32. The van der Waals surface area contributed by atoms with E-state index in [1.165, 1.54) is 0 Å². The predicted molar refractivity (Wildman–Crippen MR) is 78.4 cm³/mol. The summed E-state index contributed by atoms with van der Waals surface area (Å²) in [7, 11) is 0. The number of hydrogen-bond donors (Lipinski definition) is 1. The van der Waals surface area contributed by atoms with Crippen LogP contribution in [0.15, 0.2) is 24.3 Å². The van der Waals surface area contributed by atoms with E-state index in [1.807, 2.05) is 13.8 Å². The summed E-state index contributed by atoms with van der Waals surface area (Å²) in [5, 5.41) is 19.3. The molecule has 2 rings (SSSR count). The van der Waals surface area contributed by atoms with Gasteiger partial charge < -0.3 is 5.11 Å². The first-order chi connectivity index (χ1) is 9.28. The fourth-order valence-corrected chi connectivity index (χ4v) is 3.05. The molecule has 1 aromatic rings. The Kier molecular flexibility index (Phi) is 3.82. The molecule has 0 radical (unpaired) electrons. The summed E-state index contributed by atoms with van der Waals surface area (Å²) < 4.78 is 0. The third-order valence-corrected chi connectivity index (χ3v) is 4.41. The van der Waals surface area contributed by atoms with Crippen molar-refractivity contribution in [1.29, 1.82) is 5.26 Å². The molecule has 1 aromatic carbocycles. The molecule has 1 aliphatic carbocycles. The monoisotopic (exact) mass is 309 g/mol. The molecule has 0 aliphatic heterocycles. The maximum absolute atomic E-state index is 11.1. The molecule has 0 saturated heterocycles. The predicted octanol–water partition coefficient (Wildman–Crippen LogP) is 4.26. The first-order valence-corrected chi connectivity index (χ1v) is 6.84. The highest BCUT2D eigenvalue weighted by atomic mass is 35.5. The Morgan fingerprint density at radius 1 is 1.45 bits per heavy atom. The van der Waals surface area contributed by atoms with E-state index in [2.05, 4.69) is 6.07 Å². The van der Waals surface area contributed by atoms with E-state index in [-0.39, 0.29) is 11.3 Å². The molecule has 1 saturated carbocycles. The Hall–Kier alpha value is -1.50. The van der Waals surface area contributed by atoms with Crippen LogP contribution < -0.4 is 0 Å². The lowest BCUT2D eigenvalue weighted by molar-refractivity contribution is -0.139. The second kappa shape index (κ2) is 5.12. The molecule has 0 amide bonds. The normalized spacial score (nSPS) is 24.1. The number of allylic oxidation sites excluding steroid dienone is 2. The van der Waals surface area contributed by atoms with Crippen molar-refractivity contribution in [3.63, 3.8) is 0 Å². The van der Waals surface area contributed by atoms with Gasteiger partial charge in [-0.25, -0.2) is 0 Å². The summed E-state index contributed by atoms with van der Waals surface area (Å²) in [6.45, 7) is 3.76. The number of rotatable bonds is 3. The van der Waals surface area contributed by atoms with Crippen molar-refractivity contribution in [1.82, 2.24) is 0 Å². The minimum absolute atomic E-state index is 0.165. The van der Waals surface area contributed by atoms with Crippen molar-refractivity contribution in [2.45, 2.75) is 13.8 Å². The zero-order valence-corrected chi connectivity index (χ0v) is 12.5. The van der Waals surface area contributed by atoms with E-state index >= 15 is 0 Å². The van der Waals surface area contributed by atoms with Crippen LogP contribution in [0.4, 0.5) is 0 Å². The number of nitrogens with zero attached hydrogens (tertiary/aromatic N) is 1. The Morgan fingerprint density at radius 2 is 2.10 bits per heavy atom. The number of hydrogen-bond acceptors (Lipinski definition) is 2. The van der Waals surface area contributed by atoms with E-state index in [0.29, 0.717) is 21.2 Å². The lowest BCUT2D eigenvalue weighted by atomic mass is 10.0. The largest absolute Gasteiger partial charge is 0.481 e. The van der Waals surface area contributed by atoms with Crippen LogP contribution in [0.3, 0.4) is 0 Å². The van der Waals surface area contributed by atoms with Crippen molar-refractivity contribution in [3.8, 4) is 6.07 Å². The van der Waals surface area contributed by atoms with Gasteiger partial charge in [-0.3, -0.25) is 4.79 Å². The molecule has 2 atom stereocenters. The number of halogens is 2. The van der Waals surface area contributed by atoms with Crippen molar-refractivity contribution in [2.75, 3.05) is 0 Å². The molecule has 0 bridgehead atoms. The van der Waals surface area contributed by atoms with Crippen LogP contribution in [0.5, 0.6) is 0 Å². The highest BCUT2D eigenvalue weighted by Gasteiger charge is 2.61. The van der Waals surface area contributed by atoms with Gasteiger partial charge in [0.25, 0.3) is 0 Å². The Balaban J connectivity index is 2.37. The number of carboxylic acid groups (broad SMARTS) is 1. The zero-order valence-electron chi connectivity index (χ0n) is 11.0. The van der Waals surface area contributed by atoms with Gasteiger partial charge in [0.1, 0.15) is 0 Å². The molecule has 3 nitrogen and oxygen atoms in total. The fourth-order valence-electron chi connectivity index (χ4n) is 2.54. The minimum Gasteiger partial charge on any atom is -0.481 e. The highest BCUT2D eigenvalue weighted by Crippen LogP contribution is 2.59. The maximum Gasteiger partial charge on any atom is 0.307 e. The first-order valence-electron chi connectivity index (χ1n) is 6.09. The fraction of sp³-hybridized carbons (Fsp3) is 0.333.